The molecule has 0 radical (unpaired) electrons. The molecule has 0 aromatic heterocycles. The molecule has 0 saturated carbocycles. The first-order valence-corrected chi connectivity index (χ1v) is 22.7. The molecule has 7 aromatic carbocycles. The van der Waals surface area contributed by atoms with Gasteiger partial charge >= 0.3 is 0 Å². The molecule has 0 heterocycles. The summed E-state index contributed by atoms with van der Waals surface area (Å²) < 4.78 is 0. The monoisotopic (exact) mass is 803 g/mol. The largest absolute Gasteiger partial charge is 0.310 e. The number of benzene rings is 7. The number of nitrogens with zero attached hydrogens (tertiary/aromatic N) is 1. The first-order valence-electron chi connectivity index (χ1n) is 22.7. The highest BCUT2D eigenvalue weighted by Crippen LogP contribution is 2.65. The average molecular weight is 804 g/mol. The minimum absolute atomic E-state index is 0.00530. The van der Waals surface area contributed by atoms with E-state index in [1.807, 2.05) is 0 Å². The number of fused-ring (bicyclic) bond motifs is 13. The molecule has 1 unspecified atom stereocenters. The molecule has 306 valence electrons. The Hall–Kier alpha value is -6.18. The lowest BCUT2D eigenvalue weighted by atomic mass is 9.70. The van der Waals surface area contributed by atoms with Crippen LogP contribution in [0.1, 0.15) is 113 Å². The van der Waals surface area contributed by atoms with Crippen LogP contribution in [0.3, 0.4) is 0 Å². The molecular weight excluding hydrogens is 747 g/mol. The summed E-state index contributed by atoms with van der Waals surface area (Å²) in [7, 11) is 0. The van der Waals surface area contributed by atoms with Crippen molar-refractivity contribution < 1.29 is 0 Å². The second kappa shape index (κ2) is 13.2. The third-order valence-electron chi connectivity index (χ3n) is 15.1. The Morgan fingerprint density at radius 2 is 1.02 bits per heavy atom. The zero-order chi connectivity index (χ0) is 43.0. The first-order chi connectivity index (χ1) is 29.6. The molecule has 4 aliphatic rings. The minimum atomic E-state index is -0.419. The van der Waals surface area contributed by atoms with Crippen LogP contribution in [-0.2, 0) is 27.1 Å². The van der Waals surface area contributed by atoms with E-state index >= 15 is 0 Å². The van der Waals surface area contributed by atoms with Crippen LogP contribution in [-0.4, -0.2) is 0 Å². The molecular formula is C61H57N. The van der Waals surface area contributed by atoms with Crippen molar-refractivity contribution in [3.63, 3.8) is 0 Å². The fourth-order valence-electron chi connectivity index (χ4n) is 11.9. The van der Waals surface area contributed by atoms with Crippen molar-refractivity contribution >= 4 is 17.1 Å². The smallest absolute Gasteiger partial charge is 0.0726 e. The Morgan fingerprint density at radius 3 is 1.63 bits per heavy atom. The van der Waals surface area contributed by atoms with E-state index < -0.39 is 5.41 Å². The first kappa shape index (κ1) is 38.7. The summed E-state index contributed by atoms with van der Waals surface area (Å²) in [4.78, 5) is 2.56. The van der Waals surface area contributed by atoms with Crippen molar-refractivity contribution in [3.8, 4) is 33.4 Å². The fourth-order valence-corrected chi connectivity index (χ4v) is 11.9. The molecule has 0 bridgehead atoms. The van der Waals surface area contributed by atoms with Crippen molar-refractivity contribution in [3.05, 3.63) is 220 Å². The Kier molecular flexibility index (Phi) is 8.22. The van der Waals surface area contributed by atoms with Crippen LogP contribution in [0, 0.1) is 0 Å². The second-order valence-electron chi connectivity index (χ2n) is 21.2. The topological polar surface area (TPSA) is 3.24 Å². The highest BCUT2D eigenvalue weighted by atomic mass is 15.1. The Balaban J connectivity index is 1.15. The molecule has 1 heteroatoms. The quantitative estimate of drug-likeness (QED) is 0.171. The van der Waals surface area contributed by atoms with E-state index in [4.69, 9.17) is 0 Å². The van der Waals surface area contributed by atoms with Gasteiger partial charge in [-0.2, -0.15) is 0 Å². The zero-order valence-corrected chi connectivity index (χ0v) is 37.8. The van der Waals surface area contributed by atoms with E-state index in [0.717, 1.165) is 12.1 Å². The third kappa shape index (κ3) is 5.33. The Labute approximate surface area is 369 Å². The summed E-state index contributed by atoms with van der Waals surface area (Å²) in [6, 6.07) is 58.5. The van der Waals surface area contributed by atoms with Gasteiger partial charge in [0.1, 0.15) is 0 Å². The summed E-state index contributed by atoms with van der Waals surface area (Å²) >= 11 is 0. The van der Waals surface area contributed by atoms with E-state index in [2.05, 4.69) is 237 Å². The summed E-state index contributed by atoms with van der Waals surface area (Å²) in [5.41, 5.74) is 23.4. The van der Waals surface area contributed by atoms with E-state index in [0.29, 0.717) is 0 Å². The molecule has 11 rings (SSSR count). The van der Waals surface area contributed by atoms with Gasteiger partial charge in [0.25, 0.3) is 0 Å². The molecule has 0 saturated heterocycles. The number of anilines is 3. The molecule has 0 fully saturated rings. The van der Waals surface area contributed by atoms with Gasteiger partial charge in [0, 0.05) is 27.8 Å². The van der Waals surface area contributed by atoms with Gasteiger partial charge in [-0.05, 0) is 125 Å². The lowest BCUT2D eigenvalue weighted by Crippen LogP contribution is -2.27. The van der Waals surface area contributed by atoms with Gasteiger partial charge in [-0.15, -0.1) is 0 Å². The average Bonchev–Trinajstić information content (AvgIpc) is 3.80. The molecule has 1 atom stereocenters. The molecule has 0 amide bonds. The van der Waals surface area contributed by atoms with Crippen molar-refractivity contribution in [1.82, 2.24) is 0 Å². The van der Waals surface area contributed by atoms with Gasteiger partial charge in [0.2, 0.25) is 0 Å². The van der Waals surface area contributed by atoms with Crippen LogP contribution in [0.5, 0.6) is 0 Å². The van der Waals surface area contributed by atoms with Crippen LogP contribution >= 0.6 is 0 Å². The predicted octanol–water partition coefficient (Wildman–Crippen LogP) is 16.2. The molecule has 1 spiro atoms. The third-order valence-corrected chi connectivity index (χ3v) is 15.1. The molecule has 7 aromatic rings. The zero-order valence-electron chi connectivity index (χ0n) is 37.8. The predicted molar refractivity (Wildman–Crippen MR) is 262 cm³/mol. The summed E-state index contributed by atoms with van der Waals surface area (Å²) in [6.07, 6.45) is 8.02. The van der Waals surface area contributed by atoms with Crippen LogP contribution in [0.25, 0.3) is 33.4 Å². The van der Waals surface area contributed by atoms with Crippen LogP contribution in [0.4, 0.5) is 17.1 Å². The number of hydrogen-bond donors (Lipinski definition) is 0. The summed E-state index contributed by atoms with van der Waals surface area (Å²) in [5, 5.41) is 0. The van der Waals surface area contributed by atoms with Crippen molar-refractivity contribution in [2.45, 2.75) is 95.8 Å². The van der Waals surface area contributed by atoms with Gasteiger partial charge in [0.15, 0.2) is 0 Å². The van der Waals surface area contributed by atoms with Crippen LogP contribution < -0.4 is 4.90 Å². The Bertz CT molecular complexity index is 2970. The normalized spacial score (nSPS) is 18.4. The Morgan fingerprint density at radius 1 is 0.468 bits per heavy atom. The van der Waals surface area contributed by atoms with Crippen molar-refractivity contribution in [2.24, 2.45) is 0 Å². The summed E-state index contributed by atoms with van der Waals surface area (Å²) in [6.45, 7) is 21.2. The minimum Gasteiger partial charge on any atom is -0.310 e. The van der Waals surface area contributed by atoms with Gasteiger partial charge in [-0.25, -0.2) is 0 Å². The van der Waals surface area contributed by atoms with E-state index in [-0.39, 0.29) is 21.7 Å². The fraction of sp³-hybridized carbons (Fsp3) is 0.246. The van der Waals surface area contributed by atoms with E-state index in [1.54, 1.807) is 0 Å². The highest BCUT2D eigenvalue weighted by molar-refractivity contribution is 6.01. The van der Waals surface area contributed by atoms with E-state index in [9.17, 15) is 0 Å². The molecule has 1 nitrogen and oxygen atoms in total. The molecule has 0 aliphatic heterocycles. The molecule has 4 aliphatic carbocycles. The van der Waals surface area contributed by atoms with Gasteiger partial charge < -0.3 is 4.90 Å². The molecule has 0 N–H and O–H groups in total. The van der Waals surface area contributed by atoms with Gasteiger partial charge in [-0.1, -0.05) is 202 Å². The lowest BCUT2D eigenvalue weighted by molar-refractivity contribution is 0.511. The maximum atomic E-state index is 2.56. The molecule has 62 heavy (non-hydrogen) atoms. The lowest BCUT2D eigenvalue weighted by Gasteiger charge is -2.33. The van der Waals surface area contributed by atoms with E-state index in [1.165, 1.54) is 94.8 Å². The van der Waals surface area contributed by atoms with Crippen molar-refractivity contribution in [1.29, 1.82) is 0 Å². The number of hydrogen-bond acceptors (Lipinski definition) is 1. The standard InChI is InChI=1S/C61H57N/c1-57(2,3)41-35-40(36-42(37-41)58(4,5)6)39-28-30-43(31-29-39)62(44-32-33-51-53(38-44)59(7,8)55-27-16-17-34-60(51,55)9)54-26-18-25-52-56(54)47-21-12-15-24-50(47)61(52)48-22-13-10-19-45(48)46-20-11-14-23-49(46)61/h10-33,35-38H,34H2,1-9H3. The van der Waals surface area contributed by atoms with Gasteiger partial charge in [-0.3, -0.25) is 0 Å². The summed E-state index contributed by atoms with van der Waals surface area (Å²) in [5.74, 6) is 0. The number of allylic oxidation sites excluding steroid dienone is 4. The maximum Gasteiger partial charge on any atom is 0.0726 e. The van der Waals surface area contributed by atoms with Crippen molar-refractivity contribution in [2.75, 3.05) is 4.90 Å². The number of rotatable bonds is 4. The SMILES string of the molecule is CC(C)(C)c1cc(-c2ccc(N(c3ccc4c(c3)C(C)(C)C3=CC=CCC34C)c3cccc4c3-c3ccccc3C43c4ccccc4-c4ccccc43)cc2)cc(C(C)(C)C)c1. The maximum absolute atomic E-state index is 2.56. The van der Waals surface area contributed by atoms with Crippen LogP contribution in [0.2, 0.25) is 0 Å². The van der Waals surface area contributed by atoms with Gasteiger partial charge in [0.05, 0.1) is 11.1 Å². The van der Waals surface area contributed by atoms with Crippen LogP contribution in [0.15, 0.2) is 175 Å². The second-order valence-corrected chi connectivity index (χ2v) is 21.2. The highest BCUT2D eigenvalue weighted by Gasteiger charge is 2.53.